The second-order valence-electron chi connectivity index (χ2n) is 5.54. The second kappa shape index (κ2) is 7.65. The van der Waals surface area contributed by atoms with E-state index in [1.54, 1.807) is 6.07 Å². The Morgan fingerprint density at radius 1 is 1.16 bits per heavy atom. The molecule has 1 heterocycles. The molecule has 0 aliphatic heterocycles. The maximum Gasteiger partial charge on any atom is 0.308 e. The fourth-order valence-corrected chi connectivity index (χ4v) is 2.43. The van der Waals surface area contributed by atoms with Crippen molar-refractivity contribution in [3.8, 4) is 0 Å². The van der Waals surface area contributed by atoms with E-state index in [4.69, 9.17) is 0 Å². The number of para-hydroxylation sites is 2. The number of carbonyl (C=O) groups is 1. The summed E-state index contributed by atoms with van der Waals surface area (Å²) >= 11 is 0. The Hall–Kier alpha value is -3.09. The summed E-state index contributed by atoms with van der Waals surface area (Å²) in [7, 11) is 0. The van der Waals surface area contributed by atoms with Gasteiger partial charge in [-0.15, -0.1) is 0 Å². The summed E-state index contributed by atoms with van der Waals surface area (Å²) in [5.74, 6) is -1.33. The molecule has 5 nitrogen and oxygen atoms in total. The van der Waals surface area contributed by atoms with Gasteiger partial charge in [0.25, 0.3) is 0 Å². The van der Waals surface area contributed by atoms with Gasteiger partial charge < -0.3 is 4.98 Å². The van der Waals surface area contributed by atoms with E-state index in [1.165, 1.54) is 25.1 Å². The molecule has 3 rings (SSSR count). The molecule has 130 valence electrons. The standard InChI is InChI=1S/C9H8FNO3.C9H8FN/c1-6(12)5-7-3-2-4-8(10)9(7)11(13)14;1-6-5-7-3-2-4-8(10)9(7)11-6/h2-4H,5H2,1H3;2-5,11H,1H3. The van der Waals surface area contributed by atoms with E-state index in [9.17, 15) is 23.7 Å². The molecule has 0 saturated heterocycles. The minimum absolute atomic E-state index is 0.113. The average Bonchev–Trinajstić information content (AvgIpc) is 2.89. The summed E-state index contributed by atoms with van der Waals surface area (Å²) in [5, 5.41) is 11.4. The molecule has 0 fully saturated rings. The van der Waals surface area contributed by atoms with E-state index in [0.717, 1.165) is 17.1 Å². The molecule has 3 aromatic rings. The molecule has 0 amide bonds. The Balaban J connectivity index is 0.000000185. The van der Waals surface area contributed by atoms with Gasteiger partial charge in [-0.05, 0) is 32.0 Å². The number of nitro benzene ring substituents is 1. The summed E-state index contributed by atoms with van der Waals surface area (Å²) in [6, 6.07) is 10.7. The Labute approximate surface area is 142 Å². The molecule has 0 aliphatic rings. The van der Waals surface area contributed by atoms with Gasteiger partial charge in [-0.2, -0.15) is 4.39 Å². The predicted molar refractivity (Wildman–Crippen MR) is 90.4 cm³/mol. The lowest BCUT2D eigenvalue weighted by molar-refractivity contribution is -0.388. The molecule has 0 radical (unpaired) electrons. The fraction of sp³-hybridized carbons (Fsp3) is 0.167. The van der Waals surface area contributed by atoms with Crippen LogP contribution in [0.1, 0.15) is 18.2 Å². The van der Waals surface area contributed by atoms with Crippen LogP contribution in [0.15, 0.2) is 42.5 Å². The van der Waals surface area contributed by atoms with Crippen LogP contribution in [-0.2, 0) is 11.2 Å². The van der Waals surface area contributed by atoms with E-state index >= 15 is 0 Å². The predicted octanol–water partition coefficient (Wildman–Crippen LogP) is 4.48. The van der Waals surface area contributed by atoms with Gasteiger partial charge in [0.05, 0.1) is 10.4 Å². The Morgan fingerprint density at radius 2 is 1.80 bits per heavy atom. The first-order chi connectivity index (χ1) is 11.8. The topological polar surface area (TPSA) is 76.0 Å². The minimum atomic E-state index is -0.909. The number of aromatic nitrogens is 1. The molecule has 7 heteroatoms. The third kappa shape index (κ3) is 4.47. The first kappa shape index (κ1) is 18.3. The van der Waals surface area contributed by atoms with Crippen molar-refractivity contribution in [3.05, 3.63) is 75.5 Å². The molecule has 0 aliphatic carbocycles. The summed E-state index contributed by atoms with van der Waals surface area (Å²) in [6.07, 6.45) is -0.117. The zero-order chi connectivity index (χ0) is 18.6. The molecule has 2 aromatic carbocycles. The molecule has 25 heavy (non-hydrogen) atoms. The molecule has 1 N–H and O–H groups in total. The number of nitrogens with zero attached hydrogens (tertiary/aromatic N) is 1. The molecule has 0 spiro atoms. The molecule has 1 aromatic heterocycles. The van der Waals surface area contributed by atoms with Crippen LogP contribution in [0.25, 0.3) is 10.9 Å². The van der Waals surface area contributed by atoms with Crippen molar-refractivity contribution in [2.75, 3.05) is 0 Å². The van der Waals surface area contributed by atoms with Crippen molar-refractivity contribution in [1.29, 1.82) is 0 Å². The van der Waals surface area contributed by atoms with Crippen LogP contribution < -0.4 is 0 Å². The number of benzene rings is 2. The van der Waals surface area contributed by atoms with Gasteiger partial charge in [0.15, 0.2) is 0 Å². The number of nitro groups is 1. The van der Waals surface area contributed by atoms with E-state index in [1.807, 2.05) is 19.1 Å². The van der Waals surface area contributed by atoms with Gasteiger partial charge in [0, 0.05) is 23.1 Å². The van der Waals surface area contributed by atoms with Crippen molar-refractivity contribution in [3.63, 3.8) is 0 Å². The number of hydrogen-bond acceptors (Lipinski definition) is 3. The number of rotatable bonds is 3. The fourth-order valence-electron chi connectivity index (χ4n) is 2.43. The number of hydrogen-bond donors (Lipinski definition) is 1. The van der Waals surface area contributed by atoms with Gasteiger partial charge in [0.2, 0.25) is 5.82 Å². The molecule has 0 bridgehead atoms. The smallest absolute Gasteiger partial charge is 0.308 e. The third-order valence-electron chi connectivity index (χ3n) is 3.43. The molecule has 0 atom stereocenters. The number of aromatic amines is 1. The van der Waals surface area contributed by atoms with Gasteiger partial charge >= 0.3 is 5.69 Å². The Bertz CT molecular complexity index is 935. The summed E-state index contributed by atoms with van der Waals surface area (Å²) in [4.78, 5) is 23.4. The molecular weight excluding hydrogens is 330 g/mol. The first-order valence-corrected chi connectivity index (χ1v) is 7.44. The number of Topliss-reactive ketones (excluding diaryl/α,β-unsaturated/α-hetero) is 1. The zero-order valence-corrected chi connectivity index (χ0v) is 13.7. The number of nitrogens with one attached hydrogen (secondary N) is 1. The quantitative estimate of drug-likeness (QED) is 0.561. The number of halogens is 2. The van der Waals surface area contributed by atoms with Crippen molar-refractivity contribution < 1.29 is 18.5 Å². The third-order valence-corrected chi connectivity index (χ3v) is 3.43. The zero-order valence-electron chi connectivity index (χ0n) is 13.7. The van der Waals surface area contributed by atoms with Gasteiger partial charge in [0.1, 0.15) is 11.6 Å². The Kier molecular flexibility index (Phi) is 5.59. The number of fused-ring (bicyclic) bond motifs is 1. The second-order valence-corrected chi connectivity index (χ2v) is 5.54. The molecule has 0 saturated carbocycles. The minimum Gasteiger partial charge on any atom is -0.356 e. The highest BCUT2D eigenvalue weighted by atomic mass is 19.1. The first-order valence-electron chi connectivity index (χ1n) is 7.44. The van der Waals surface area contributed by atoms with Crippen LogP contribution in [0.4, 0.5) is 14.5 Å². The van der Waals surface area contributed by atoms with E-state index in [2.05, 4.69) is 4.98 Å². The summed E-state index contributed by atoms with van der Waals surface area (Å²) < 4.78 is 26.0. The summed E-state index contributed by atoms with van der Waals surface area (Å²) in [5.41, 5.74) is 1.10. The normalized spacial score (nSPS) is 10.2. The van der Waals surface area contributed by atoms with E-state index in [-0.39, 0.29) is 23.6 Å². The van der Waals surface area contributed by atoms with Crippen LogP contribution in [0.5, 0.6) is 0 Å². The summed E-state index contributed by atoms with van der Waals surface area (Å²) in [6.45, 7) is 3.22. The lowest BCUT2D eigenvalue weighted by atomic mass is 10.1. The van der Waals surface area contributed by atoms with Crippen molar-refractivity contribution in [1.82, 2.24) is 4.98 Å². The van der Waals surface area contributed by atoms with Crippen molar-refractivity contribution >= 4 is 22.4 Å². The van der Waals surface area contributed by atoms with Gasteiger partial charge in [-0.25, -0.2) is 4.39 Å². The van der Waals surface area contributed by atoms with Crippen LogP contribution in [0.3, 0.4) is 0 Å². The van der Waals surface area contributed by atoms with Gasteiger partial charge in [-0.3, -0.25) is 14.9 Å². The molecule has 0 unspecified atom stereocenters. The Morgan fingerprint density at radius 3 is 2.40 bits per heavy atom. The van der Waals surface area contributed by atoms with Crippen LogP contribution in [0, 0.1) is 28.7 Å². The SMILES string of the molecule is CC(=O)Cc1cccc(F)c1[N+](=O)[O-].Cc1cc2cccc(F)c2[nH]1. The van der Waals surface area contributed by atoms with Crippen molar-refractivity contribution in [2.45, 2.75) is 20.3 Å². The largest absolute Gasteiger partial charge is 0.356 e. The molecular formula is C18H16F2N2O3. The van der Waals surface area contributed by atoms with Crippen LogP contribution in [0.2, 0.25) is 0 Å². The van der Waals surface area contributed by atoms with E-state index < -0.39 is 16.4 Å². The maximum atomic E-state index is 13.0. The highest BCUT2D eigenvalue weighted by Crippen LogP contribution is 2.22. The van der Waals surface area contributed by atoms with E-state index in [0.29, 0.717) is 5.52 Å². The lowest BCUT2D eigenvalue weighted by Crippen LogP contribution is -2.03. The number of carbonyl (C=O) groups excluding carboxylic acids is 1. The van der Waals surface area contributed by atoms with Crippen LogP contribution >= 0.6 is 0 Å². The number of ketones is 1. The highest BCUT2D eigenvalue weighted by Gasteiger charge is 2.19. The van der Waals surface area contributed by atoms with Crippen LogP contribution in [-0.4, -0.2) is 15.7 Å². The maximum absolute atomic E-state index is 13.0. The average molecular weight is 346 g/mol. The highest BCUT2D eigenvalue weighted by molar-refractivity contribution is 5.80. The van der Waals surface area contributed by atoms with Gasteiger partial charge in [-0.1, -0.05) is 24.3 Å². The lowest BCUT2D eigenvalue weighted by Gasteiger charge is -2.00. The van der Waals surface area contributed by atoms with Crippen molar-refractivity contribution in [2.24, 2.45) is 0 Å². The monoisotopic (exact) mass is 346 g/mol. The number of H-pyrrole nitrogens is 1. The number of aryl methyl sites for hydroxylation is 1.